The third-order valence-electron chi connectivity index (χ3n) is 2.33. The van der Waals surface area contributed by atoms with Gasteiger partial charge in [0, 0.05) is 6.07 Å². The number of H-pyrrole nitrogens is 1. The molecule has 0 aliphatic rings. The predicted molar refractivity (Wildman–Crippen MR) is 59.1 cm³/mol. The molecular formula is C11H10N4O2. The van der Waals surface area contributed by atoms with Gasteiger partial charge < -0.3 is 8.94 Å². The van der Waals surface area contributed by atoms with Crippen LogP contribution in [0.3, 0.4) is 0 Å². The van der Waals surface area contributed by atoms with Gasteiger partial charge in [-0.25, -0.2) is 0 Å². The number of rotatable bonds is 2. The average molecular weight is 230 g/mol. The van der Waals surface area contributed by atoms with E-state index in [1.54, 1.807) is 6.92 Å². The lowest BCUT2D eigenvalue weighted by molar-refractivity contribution is 0.424. The van der Waals surface area contributed by atoms with Gasteiger partial charge in [-0.15, -0.1) is 0 Å². The SMILES string of the molecule is Cc1noc(-c2cc(-c3ccc(C)o3)n[nH]2)n1. The number of furan rings is 1. The van der Waals surface area contributed by atoms with E-state index in [0.717, 1.165) is 5.76 Å². The van der Waals surface area contributed by atoms with Crippen molar-refractivity contribution in [3.8, 4) is 23.0 Å². The molecule has 6 heteroatoms. The molecule has 3 aromatic rings. The highest BCUT2D eigenvalue weighted by Gasteiger charge is 2.12. The Hall–Kier alpha value is -2.37. The summed E-state index contributed by atoms with van der Waals surface area (Å²) in [7, 11) is 0. The molecule has 3 aromatic heterocycles. The van der Waals surface area contributed by atoms with E-state index < -0.39 is 0 Å². The Morgan fingerprint density at radius 3 is 2.76 bits per heavy atom. The van der Waals surface area contributed by atoms with Gasteiger partial charge in [-0.3, -0.25) is 5.10 Å². The molecule has 0 fully saturated rings. The third kappa shape index (κ3) is 1.73. The van der Waals surface area contributed by atoms with Crippen molar-refractivity contribution in [2.24, 2.45) is 0 Å². The molecule has 0 amide bonds. The number of aromatic nitrogens is 4. The number of aryl methyl sites for hydroxylation is 2. The Morgan fingerprint density at radius 2 is 2.12 bits per heavy atom. The first kappa shape index (κ1) is 9.83. The summed E-state index contributed by atoms with van der Waals surface area (Å²) in [5.41, 5.74) is 1.39. The highest BCUT2D eigenvalue weighted by molar-refractivity contribution is 5.60. The van der Waals surface area contributed by atoms with Crippen molar-refractivity contribution in [3.63, 3.8) is 0 Å². The Bertz CT molecular complexity index is 595. The third-order valence-corrected chi connectivity index (χ3v) is 2.33. The molecule has 86 valence electrons. The van der Waals surface area contributed by atoms with Gasteiger partial charge in [0.1, 0.15) is 17.1 Å². The quantitative estimate of drug-likeness (QED) is 0.730. The number of nitrogens with one attached hydrogen (secondary N) is 1. The van der Waals surface area contributed by atoms with E-state index in [4.69, 9.17) is 8.94 Å². The molecular weight excluding hydrogens is 220 g/mol. The van der Waals surface area contributed by atoms with E-state index in [2.05, 4.69) is 20.3 Å². The first-order chi connectivity index (χ1) is 8.22. The van der Waals surface area contributed by atoms with Gasteiger partial charge in [-0.2, -0.15) is 10.1 Å². The molecule has 1 N–H and O–H groups in total. The molecule has 0 spiro atoms. The lowest BCUT2D eigenvalue weighted by atomic mass is 10.3. The zero-order chi connectivity index (χ0) is 11.8. The standard InChI is InChI=1S/C11H10N4O2/c1-6-3-4-10(16-6)8-5-9(14-13-8)11-12-7(2)15-17-11/h3-5H,1-2H3,(H,13,14). The molecule has 3 rings (SSSR count). The Morgan fingerprint density at radius 1 is 1.24 bits per heavy atom. The predicted octanol–water partition coefficient (Wildman–Crippen LogP) is 2.34. The van der Waals surface area contributed by atoms with Crippen molar-refractivity contribution in [1.82, 2.24) is 20.3 Å². The minimum Gasteiger partial charge on any atom is -0.460 e. The minimum absolute atomic E-state index is 0.421. The van der Waals surface area contributed by atoms with Crippen LogP contribution in [0.2, 0.25) is 0 Å². The Balaban J connectivity index is 1.98. The first-order valence-corrected chi connectivity index (χ1v) is 5.15. The number of aromatic amines is 1. The zero-order valence-electron chi connectivity index (χ0n) is 9.39. The molecule has 0 aromatic carbocycles. The topological polar surface area (TPSA) is 80.7 Å². The average Bonchev–Trinajstić information content (AvgIpc) is 2.96. The van der Waals surface area contributed by atoms with Gasteiger partial charge in [0.05, 0.1) is 0 Å². The summed E-state index contributed by atoms with van der Waals surface area (Å²) < 4.78 is 10.5. The smallest absolute Gasteiger partial charge is 0.275 e. The van der Waals surface area contributed by atoms with Crippen molar-refractivity contribution in [2.45, 2.75) is 13.8 Å². The van der Waals surface area contributed by atoms with Crippen molar-refractivity contribution < 1.29 is 8.94 Å². The maximum Gasteiger partial charge on any atom is 0.275 e. The van der Waals surface area contributed by atoms with Gasteiger partial charge in [0.2, 0.25) is 0 Å². The Kier molecular flexibility index (Phi) is 2.07. The van der Waals surface area contributed by atoms with Crippen LogP contribution >= 0.6 is 0 Å². The number of hydrogen-bond donors (Lipinski definition) is 1. The molecule has 0 saturated heterocycles. The minimum atomic E-state index is 0.421. The van der Waals surface area contributed by atoms with Gasteiger partial charge in [0.15, 0.2) is 11.6 Å². The fraction of sp³-hybridized carbons (Fsp3) is 0.182. The maximum atomic E-state index is 5.47. The van der Waals surface area contributed by atoms with E-state index in [9.17, 15) is 0 Å². The highest BCUT2D eigenvalue weighted by atomic mass is 16.5. The van der Waals surface area contributed by atoms with Crippen LogP contribution in [0.4, 0.5) is 0 Å². The number of hydrogen-bond acceptors (Lipinski definition) is 5. The van der Waals surface area contributed by atoms with Crippen LogP contribution in [0, 0.1) is 13.8 Å². The van der Waals surface area contributed by atoms with Gasteiger partial charge in [-0.05, 0) is 26.0 Å². The van der Waals surface area contributed by atoms with Crippen LogP contribution in [0.5, 0.6) is 0 Å². The lowest BCUT2D eigenvalue weighted by Crippen LogP contribution is -1.77. The van der Waals surface area contributed by atoms with Crippen molar-refractivity contribution >= 4 is 0 Å². The van der Waals surface area contributed by atoms with Crippen molar-refractivity contribution in [2.75, 3.05) is 0 Å². The highest BCUT2D eigenvalue weighted by Crippen LogP contribution is 2.24. The summed E-state index contributed by atoms with van der Waals surface area (Å²) in [5, 5.41) is 10.7. The fourth-order valence-corrected chi connectivity index (χ4v) is 1.54. The summed E-state index contributed by atoms with van der Waals surface area (Å²) in [6.07, 6.45) is 0. The van der Waals surface area contributed by atoms with Crippen LogP contribution in [0.25, 0.3) is 23.0 Å². The molecule has 17 heavy (non-hydrogen) atoms. The summed E-state index contributed by atoms with van der Waals surface area (Å²) in [6.45, 7) is 3.65. The molecule has 0 aliphatic heterocycles. The molecule has 0 bridgehead atoms. The largest absolute Gasteiger partial charge is 0.460 e. The molecule has 0 aliphatic carbocycles. The van der Waals surface area contributed by atoms with Crippen LogP contribution in [-0.2, 0) is 0 Å². The zero-order valence-corrected chi connectivity index (χ0v) is 9.39. The molecule has 0 atom stereocenters. The van der Waals surface area contributed by atoms with E-state index in [1.807, 2.05) is 25.1 Å². The van der Waals surface area contributed by atoms with Crippen LogP contribution in [-0.4, -0.2) is 20.3 Å². The molecule has 6 nitrogen and oxygen atoms in total. The second-order valence-electron chi connectivity index (χ2n) is 3.72. The molecule has 3 heterocycles. The second kappa shape index (κ2) is 3.58. The normalized spacial score (nSPS) is 10.9. The maximum absolute atomic E-state index is 5.47. The molecule has 0 radical (unpaired) electrons. The fourth-order valence-electron chi connectivity index (χ4n) is 1.54. The van der Waals surface area contributed by atoms with Crippen LogP contribution in [0.15, 0.2) is 27.1 Å². The molecule has 0 saturated carbocycles. The summed E-state index contributed by atoms with van der Waals surface area (Å²) >= 11 is 0. The number of nitrogens with zero attached hydrogens (tertiary/aromatic N) is 3. The van der Waals surface area contributed by atoms with Crippen molar-refractivity contribution in [3.05, 3.63) is 29.8 Å². The van der Waals surface area contributed by atoms with Crippen LogP contribution < -0.4 is 0 Å². The van der Waals surface area contributed by atoms with E-state index in [-0.39, 0.29) is 0 Å². The summed E-state index contributed by atoms with van der Waals surface area (Å²) in [5.74, 6) is 2.56. The van der Waals surface area contributed by atoms with E-state index >= 15 is 0 Å². The van der Waals surface area contributed by atoms with Gasteiger partial charge >= 0.3 is 0 Å². The second-order valence-corrected chi connectivity index (χ2v) is 3.72. The van der Waals surface area contributed by atoms with E-state index in [1.165, 1.54) is 0 Å². The van der Waals surface area contributed by atoms with Gasteiger partial charge in [-0.1, -0.05) is 5.16 Å². The monoisotopic (exact) mass is 230 g/mol. The van der Waals surface area contributed by atoms with Gasteiger partial charge in [0.25, 0.3) is 5.89 Å². The van der Waals surface area contributed by atoms with Crippen molar-refractivity contribution in [1.29, 1.82) is 0 Å². The summed E-state index contributed by atoms with van der Waals surface area (Å²) in [4.78, 5) is 4.11. The first-order valence-electron chi connectivity index (χ1n) is 5.15. The van der Waals surface area contributed by atoms with Crippen LogP contribution in [0.1, 0.15) is 11.6 Å². The lowest BCUT2D eigenvalue weighted by Gasteiger charge is -1.86. The molecule has 0 unspecified atom stereocenters. The Labute approximate surface area is 96.7 Å². The summed E-state index contributed by atoms with van der Waals surface area (Å²) in [6, 6.07) is 5.57. The van der Waals surface area contributed by atoms with E-state index in [0.29, 0.717) is 28.9 Å².